The molecule has 2 aromatic rings. The second-order valence-corrected chi connectivity index (χ2v) is 3.52. The molecule has 0 aliphatic rings. The van der Waals surface area contributed by atoms with Gasteiger partial charge in [0.2, 0.25) is 0 Å². The van der Waals surface area contributed by atoms with Gasteiger partial charge in [0.15, 0.2) is 0 Å². The highest BCUT2D eigenvalue weighted by molar-refractivity contribution is 5.58. The standard InChI is InChI=1S/C12H15N3/c1-13-12-9-11(14(2)15(12)3)10-7-5-4-6-8-10/h4-9H,1-3H3. The van der Waals surface area contributed by atoms with E-state index in [9.17, 15) is 0 Å². The van der Waals surface area contributed by atoms with Gasteiger partial charge in [-0.25, -0.2) is 0 Å². The molecule has 0 amide bonds. The van der Waals surface area contributed by atoms with Crippen LogP contribution in [-0.2, 0) is 14.1 Å². The maximum atomic E-state index is 4.22. The van der Waals surface area contributed by atoms with Crippen LogP contribution in [0.4, 0.5) is 0 Å². The molecule has 1 aromatic carbocycles. The summed E-state index contributed by atoms with van der Waals surface area (Å²) < 4.78 is 4.12. The maximum absolute atomic E-state index is 4.22. The Bertz CT molecular complexity index is 518. The summed E-state index contributed by atoms with van der Waals surface area (Å²) in [6.07, 6.45) is 0. The van der Waals surface area contributed by atoms with Crippen LogP contribution in [0.1, 0.15) is 0 Å². The molecule has 0 atom stereocenters. The predicted molar refractivity (Wildman–Crippen MR) is 61.3 cm³/mol. The van der Waals surface area contributed by atoms with Gasteiger partial charge in [-0.1, -0.05) is 30.3 Å². The summed E-state index contributed by atoms with van der Waals surface area (Å²) in [5.41, 5.74) is 3.38. The first-order valence-corrected chi connectivity index (χ1v) is 4.95. The molecule has 15 heavy (non-hydrogen) atoms. The fraction of sp³-hybridized carbons (Fsp3) is 0.250. The van der Waals surface area contributed by atoms with Crippen molar-refractivity contribution in [1.29, 1.82) is 0 Å². The Kier molecular flexibility index (Phi) is 2.46. The molecule has 0 N–H and O–H groups in total. The van der Waals surface area contributed by atoms with E-state index in [1.165, 1.54) is 11.3 Å². The van der Waals surface area contributed by atoms with E-state index >= 15 is 0 Å². The zero-order valence-electron chi connectivity index (χ0n) is 9.31. The van der Waals surface area contributed by atoms with E-state index in [1.807, 2.05) is 44.0 Å². The molecule has 0 aliphatic carbocycles. The Morgan fingerprint density at radius 1 is 1.00 bits per heavy atom. The molecule has 3 heteroatoms. The minimum absolute atomic E-state index is 0.983. The van der Waals surface area contributed by atoms with Gasteiger partial charge < -0.3 is 0 Å². The van der Waals surface area contributed by atoms with Crippen molar-refractivity contribution in [1.82, 2.24) is 9.36 Å². The lowest BCUT2D eigenvalue weighted by Gasteiger charge is -2.05. The highest BCUT2D eigenvalue weighted by Gasteiger charge is 2.04. The number of nitrogens with zero attached hydrogens (tertiary/aromatic N) is 3. The lowest BCUT2D eigenvalue weighted by atomic mass is 10.1. The third-order valence-electron chi connectivity index (χ3n) is 2.69. The van der Waals surface area contributed by atoms with Crippen LogP contribution in [0.2, 0.25) is 0 Å². The van der Waals surface area contributed by atoms with Gasteiger partial charge in [-0.05, 0) is 5.56 Å². The van der Waals surface area contributed by atoms with E-state index in [2.05, 4.69) is 27.9 Å². The van der Waals surface area contributed by atoms with Crippen LogP contribution in [-0.4, -0.2) is 16.4 Å². The van der Waals surface area contributed by atoms with Gasteiger partial charge >= 0.3 is 0 Å². The van der Waals surface area contributed by atoms with Crippen molar-refractivity contribution >= 4 is 0 Å². The quantitative estimate of drug-likeness (QED) is 0.668. The Labute approximate surface area is 89.3 Å². The van der Waals surface area contributed by atoms with Crippen molar-refractivity contribution in [3.63, 3.8) is 0 Å². The largest absolute Gasteiger partial charge is 0.287 e. The first kappa shape index (κ1) is 9.77. The Morgan fingerprint density at radius 3 is 2.20 bits per heavy atom. The third kappa shape index (κ3) is 1.61. The molecule has 1 heterocycles. The first-order chi connectivity index (χ1) is 7.24. The normalized spacial score (nSPS) is 12.1. The van der Waals surface area contributed by atoms with Crippen LogP contribution in [0.3, 0.4) is 0 Å². The molecule has 0 unspecified atom stereocenters. The van der Waals surface area contributed by atoms with Crippen molar-refractivity contribution < 1.29 is 0 Å². The second kappa shape index (κ2) is 3.77. The molecule has 2 rings (SSSR count). The number of hydrogen-bond donors (Lipinski definition) is 0. The molecule has 0 radical (unpaired) electrons. The highest BCUT2D eigenvalue weighted by Crippen LogP contribution is 2.15. The van der Waals surface area contributed by atoms with E-state index in [1.54, 1.807) is 0 Å². The molecule has 0 saturated carbocycles. The van der Waals surface area contributed by atoms with Crippen molar-refractivity contribution in [2.24, 2.45) is 19.1 Å². The number of rotatable bonds is 1. The lowest BCUT2D eigenvalue weighted by molar-refractivity contribution is 0.576. The van der Waals surface area contributed by atoms with Gasteiger partial charge in [-0.3, -0.25) is 14.4 Å². The average molecular weight is 201 g/mol. The Morgan fingerprint density at radius 2 is 1.67 bits per heavy atom. The van der Waals surface area contributed by atoms with Gasteiger partial charge in [-0.15, -0.1) is 0 Å². The van der Waals surface area contributed by atoms with Crippen LogP contribution in [0.25, 0.3) is 11.3 Å². The zero-order chi connectivity index (χ0) is 10.8. The topological polar surface area (TPSA) is 22.2 Å². The monoisotopic (exact) mass is 201 g/mol. The first-order valence-electron chi connectivity index (χ1n) is 4.95. The number of aromatic nitrogens is 2. The van der Waals surface area contributed by atoms with E-state index in [4.69, 9.17) is 0 Å². The fourth-order valence-corrected chi connectivity index (χ4v) is 1.71. The summed E-state index contributed by atoms with van der Waals surface area (Å²) in [5, 5.41) is 0. The molecule has 0 saturated heterocycles. The molecule has 0 aliphatic heterocycles. The number of hydrogen-bond acceptors (Lipinski definition) is 1. The molecule has 0 fully saturated rings. The van der Waals surface area contributed by atoms with Gasteiger partial charge in [0, 0.05) is 27.2 Å². The van der Waals surface area contributed by atoms with Crippen LogP contribution in [0, 0.1) is 0 Å². The van der Waals surface area contributed by atoms with Crippen LogP contribution in [0.5, 0.6) is 0 Å². The summed E-state index contributed by atoms with van der Waals surface area (Å²) in [7, 11) is 5.86. The molecule has 1 aromatic heterocycles. The van der Waals surface area contributed by atoms with Crippen molar-refractivity contribution in [2.75, 3.05) is 7.05 Å². The summed E-state index contributed by atoms with van der Waals surface area (Å²) in [6, 6.07) is 12.4. The Balaban J connectivity index is 2.65. The van der Waals surface area contributed by atoms with E-state index in [0.29, 0.717) is 0 Å². The number of benzene rings is 1. The Hall–Kier alpha value is -1.77. The second-order valence-electron chi connectivity index (χ2n) is 3.52. The van der Waals surface area contributed by atoms with Gasteiger partial charge in [-0.2, -0.15) is 0 Å². The smallest absolute Gasteiger partial charge is 0.144 e. The molecule has 0 bridgehead atoms. The summed E-state index contributed by atoms with van der Waals surface area (Å²) >= 11 is 0. The molecule has 0 spiro atoms. The summed E-state index contributed by atoms with van der Waals surface area (Å²) in [4.78, 5) is 4.22. The molecular formula is C12H15N3. The zero-order valence-corrected chi connectivity index (χ0v) is 9.31. The van der Waals surface area contributed by atoms with Crippen LogP contribution in [0.15, 0.2) is 41.4 Å². The molecular weight excluding hydrogens is 186 g/mol. The van der Waals surface area contributed by atoms with E-state index < -0.39 is 0 Å². The lowest BCUT2D eigenvalue weighted by Crippen LogP contribution is -2.18. The van der Waals surface area contributed by atoms with Crippen LogP contribution >= 0.6 is 0 Å². The van der Waals surface area contributed by atoms with Gasteiger partial charge in [0.05, 0.1) is 5.69 Å². The fourth-order valence-electron chi connectivity index (χ4n) is 1.71. The summed E-state index contributed by atoms with van der Waals surface area (Å²) in [5.74, 6) is 0. The minimum Gasteiger partial charge on any atom is -0.287 e. The third-order valence-corrected chi connectivity index (χ3v) is 2.69. The predicted octanol–water partition coefficient (Wildman–Crippen LogP) is 1.56. The van der Waals surface area contributed by atoms with Gasteiger partial charge in [0.1, 0.15) is 5.49 Å². The van der Waals surface area contributed by atoms with Crippen molar-refractivity contribution in [3.8, 4) is 11.3 Å². The minimum atomic E-state index is 0.983. The molecule has 3 nitrogen and oxygen atoms in total. The molecule has 78 valence electrons. The van der Waals surface area contributed by atoms with E-state index in [0.717, 1.165) is 5.49 Å². The van der Waals surface area contributed by atoms with Crippen LogP contribution < -0.4 is 5.49 Å². The average Bonchev–Trinajstić information content (AvgIpc) is 2.57. The van der Waals surface area contributed by atoms with E-state index in [-0.39, 0.29) is 0 Å². The summed E-state index contributed by atoms with van der Waals surface area (Å²) in [6.45, 7) is 0. The highest BCUT2D eigenvalue weighted by atomic mass is 15.4. The van der Waals surface area contributed by atoms with Crippen molar-refractivity contribution in [2.45, 2.75) is 0 Å². The van der Waals surface area contributed by atoms with Crippen molar-refractivity contribution in [3.05, 3.63) is 41.9 Å². The SMILES string of the molecule is CN=c1cc(-c2ccccc2)n(C)n1C. The maximum Gasteiger partial charge on any atom is 0.144 e. The van der Waals surface area contributed by atoms with Gasteiger partial charge in [0.25, 0.3) is 0 Å².